The van der Waals surface area contributed by atoms with Crippen molar-refractivity contribution in [3.8, 4) is 0 Å². The molecular formula is C22H32N2O. The molecule has 1 heterocycles. The number of fused-ring (bicyclic) bond motifs is 1. The average Bonchev–Trinajstić information content (AvgIpc) is 2.88. The van der Waals surface area contributed by atoms with Crippen LogP contribution in [0.4, 0.5) is 0 Å². The van der Waals surface area contributed by atoms with Gasteiger partial charge < -0.3 is 9.88 Å². The quantitative estimate of drug-likeness (QED) is 0.797. The molecule has 1 aliphatic rings. The third-order valence-corrected chi connectivity index (χ3v) is 5.76. The number of aryl methyl sites for hydroxylation is 3. The van der Waals surface area contributed by atoms with Crippen molar-refractivity contribution < 1.29 is 4.79 Å². The molecule has 3 rings (SSSR count). The first-order valence-electron chi connectivity index (χ1n) is 10.1. The van der Waals surface area contributed by atoms with Gasteiger partial charge in [-0.15, -0.1) is 0 Å². The summed E-state index contributed by atoms with van der Waals surface area (Å²) in [7, 11) is 0. The summed E-state index contributed by atoms with van der Waals surface area (Å²) in [5.74, 6) is 0.110. The van der Waals surface area contributed by atoms with Crippen molar-refractivity contribution >= 4 is 16.8 Å². The Morgan fingerprint density at radius 2 is 1.80 bits per heavy atom. The topological polar surface area (TPSA) is 34.0 Å². The molecule has 1 N–H and O–H groups in total. The number of rotatable bonds is 4. The fourth-order valence-electron chi connectivity index (χ4n) is 4.26. The molecule has 1 aliphatic carbocycles. The van der Waals surface area contributed by atoms with E-state index in [0.29, 0.717) is 6.04 Å². The van der Waals surface area contributed by atoms with Gasteiger partial charge in [0.2, 0.25) is 0 Å². The zero-order chi connectivity index (χ0) is 17.8. The van der Waals surface area contributed by atoms with Crippen LogP contribution in [0, 0.1) is 6.92 Å². The Labute approximate surface area is 151 Å². The second-order valence-corrected chi connectivity index (χ2v) is 7.44. The third kappa shape index (κ3) is 3.75. The Hall–Kier alpha value is -1.77. The maximum Gasteiger partial charge on any atom is 0.268 e. The van der Waals surface area contributed by atoms with E-state index in [4.69, 9.17) is 0 Å². The van der Waals surface area contributed by atoms with Crippen LogP contribution in [0.3, 0.4) is 0 Å². The van der Waals surface area contributed by atoms with Crippen LogP contribution in [-0.2, 0) is 13.0 Å². The molecule has 1 aromatic carbocycles. The first-order valence-corrected chi connectivity index (χ1v) is 10.1. The molecular weight excluding hydrogens is 308 g/mol. The standard InChI is InChI=1S/C22H32N2O/c1-4-17-13-14-20-19(15-17)16(3)21(24(20)5-2)22(25)23-18-11-9-7-6-8-10-12-18/h13-15,18H,4-12H2,1-3H3,(H,23,25). The highest BCUT2D eigenvalue weighted by Gasteiger charge is 2.22. The van der Waals surface area contributed by atoms with Gasteiger partial charge >= 0.3 is 0 Å². The second-order valence-electron chi connectivity index (χ2n) is 7.44. The first-order chi connectivity index (χ1) is 12.2. The number of nitrogens with zero attached hydrogens (tertiary/aromatic N) is 1. The van der Waals surface area contributed by atoms with E-state index in [-0.39, 0.29) is 5.91 Å². The van der Waals surface area contributed by atoms with Crippen LogP contribution in [-0.4, -0.2) is 16.5 Å². The molecule has 3 heteroatoms. The molecule has 1 amide bonds. The lowest BCUT2D eigenvalue weighted by Gasteiger charge is -2.21. The Kier molecular flexibility index (Phi) is 5.82. The van der Waals surface area contributed by atoms with E-state index in [1.54, 1.807) is 0 Å². The van der Waals surface area contributed by atoms with Gasteiger partial charge in [0, 0.05) is 23.5 Å². The minimum absolute atomic E-state index is 0.110. The summed E-state index contributed by atoms with van der Waals surface area (Å²) in [6.45, 7) is 7.22. The maximum absolute atomic E-state index is 13.1. The van der Waals surface area contributed by atoms with E-state index >= 15 is 0 Å². The molecule has 0 bridgehead atoms. The Bertz CT molecular complexity index is 736. The number of carbonyl (C=O) groups excluding carboxylic acids is 1. The van der Waals surface area contributed by atoms with E-state index in [1.165, 1.54) is 48.6 Å². The summed E-state index contributed by atoms with van der Waals surface area (Å²) >= 11 is 0. The Morgan fingerprint density at radius 1 is 1.12 bits per heavy atom. The van der Waals surface area contributed by atoms with Crippen LogP contribution in [0.1, 0.15) is 80.4 Å². The molecule has 0 aliphatic heterocycles. The van der Waals surface area contributed by atoms with Crippen molar-refractivity contribution in [1.29, 1.82) is 0 Å². The van der Waals surface area contributed by atoms with Gasteiger partial charge in [0.05, 0.1) is 0 Å². The van der Waals surface area contributed by atoms with E-state index in [2.05, 4.69) is 48.9 Å². The van der Waals surface area contributed by atoms with Gasteiger partial charge in [0.15, 0.2) is 0 Å². The summed E-state index contributed by atoms with van der Waals surface area (Å²) in [6, 6.07) is 6.95. The van der Waals surface area contributed by atoms with Crippen molar-refractivity contribution in [2.24, 2.45) is 0 Å². The van der Waals surface area contributed by atoms with Crippen LogP contribution in [0.25, 0.3) is 10.9 Å². The lowest BCUT2D eigenvalue weighted by molar-refractivity contribution is 0.0921. The summed E-state index contributed by atoms with van der Waals surface area (Å²) in [5, 5.41) is 4.57. The predicted octanol–water partition coefficient (Wildman–Crippen LogP) is 5.37. The number of hydrogen-bond acceptors (Lipinski definition) is 1. The molecule has 136 valence electrons. The number of carbonyl (C=O) groups is 1. The molecule has 2 aromatic rings. The number of benzene rings is 1. The zero-order valence-electron chi connectivity index (χ0n) is 16.0. The largest absolute Gasteiger partial charge is 0.348 e. The number of amides is 1. The van der Waals surface area contributed by atoms with Crippen molar-refractivity contribution in [3.63, 3.8) is 0 Å². The van der Waals surface area contributed by atoms with Gasteiger partial charge in [-0.1, -0.05) is 45.1 Å². The fraction of sp³-hybridized carbons (Fsp3) is 0.591. The van der Waals surface area contributed by atoms with Crippen molar-refractivity contribution in [1.82, 2.24) is 9.88 Å². The smallest absolute Gasteiger partial charge is 0.268 e. The van der Waals surface area contributed by atoms with Crippen LogP contribution in [0.2, 0.25) is 0 Å². The zero-order valence-corrected chi connectivity index (χ0v) is 16.0. The van der Waals surface area contributed by atoms with E-state index < -0.39 is 0 Å². The molecule has 1 fully saturated rings. The van der Waals surface area contributed by atoms with Gasteiger partial charge in [-0.25, -0.2) is 0 Å². The molecule has 1 aromatic heterocycles. The normalized spacial score (nSPS) is 16.6. The van der Waals surface area contributed by atoms with Gasteiger partial charge in [-0.05, 0) is 56.4 Å². The van der Waals surface area contributed by atoms with Crippen molar-refractivity contribution in [2.45, 2.75) is 84.7 Å². The lowest BCUT2D eigenvalue weighted by Crippen LogP contribution is -2.36. The highest BCUT2D eigenvalue weighted by molar-refractivity contribution is 6.01. The monoisotopic (exact) mass is 340 g/mol. The minimum Gasteiger partial charge on any atom is -0.348 e. The number of nitrogens with one attached hydrogen (secondary N) is 1. The van der Waals surface area contributed by atoms with Crippen LogP contribution in [0.15, 0.2) is 18.2 Å². The molecule has 25 heavy (non-hydrogen) atoms. The highest BCUT2D eigenvalue weighted by atomic mass is 16.2. The average molecular weight is 341 g/mol. The highest BCUT2D eigenvalue weighted by Crippen LogP contribution is 2.27. The molecule has 0 spiro atoms. The van der Waals surface area contributed by atoms with E-state index in [0.717, 1.165) is 37.1 Å². The summed E-state index contributed by atoms with van der Waals surface area (Å²) in [4.78, 5) is 13.1. The van der Waals surface area contributed by atoms with Crippen molar-refractivity contribution in [2.75, 3.05) is 0 Å². The SMILES string of the molecule is CCc1ccc2c(c1)c(C)c(C(=O)NC1CCCCCCC1)n2CC. The predicted molar refractivity (Wildman–Crippen MR) is 105 cm³/mol. The molecule has 3 nitrogen and oxygen atoms in total. The van der Waals surface area contributed by atoms with E-state index in [9.17, 15) is 4.79 Å². The van der Waals surface area contributed by atoms with E-state index in [1.807, 2.05) is 0 Å². The minimum atomic E-state index is 0.110. The van der Waals surface area contributed by atoms with Crippen LogP contribution >= 0.6 is 0 Å². The Morgan fingerprint density at radius 3 is 2.44 bits per heavy atom. The summed E-state index contributed by atoms with van der Waals surface area (Å²) < 4.78 is 2.18. The molecule has 0 unspecified atom stereocenters. The van der Waals surface area contributed by atoms with Crippen LogP contribution < -0.4 is 5.32 Å². The second kappa shape index (κ2) is 8.07. The molecule has 1 saturated carbocycles. The Balaban J connectivity index is 1.90. The van der Waals surface area contributed by atoms with Crippen LogP contribution in [0.5, 0.6) is 0 Å². The van der Waals surface area contributed by atoms with Gasteiger partial charge in [0.25, 0.3) is 5.91 Å². The van der Waals surface area contributed by atoms with Gasteiger partial charge in [0.1, 0.15) is 5.69 Å². The molecule has 0 radical (unpaired) electrons. The summed E-state index contributed by atoms with van der Waals surface area (Å²) in [5.41, 5.74) is 4.49. The van der Waals surface area contributed by atoms with Gasteiger partial charge in [-0.2, -0.15) is 0 Å². The molecule has 0 saturated heterocycles. The number of hydrogen-bond donors (Lipinski definition) is 1. The summed E-state index contributed by atoms with van der Waals surface area (Å²) in [6.07, 6.45) is 9.70. The van der Waals surface area contributed by atoms with Crippen molar-refractivity contribution in [3.05, 3.63) is 35.0 Å². The van der Waals surface area contributed by atoms with Gasteiger partial charge in [-0.3, -0.25) is 4.79 Å². The first kappa shape index (κ1) is 18.0. The maximum atomic E-state index is 13.1. The fourth-order valence-corrected chi connectivity index (χ4v) is 4.26. The third-order valence-electron chi connectivity index (χ3n) is 5.76. The lowest BCUT2D eigenvalue weighted by atomic mass is 9.96. The number of aromatic nitrogens is 1. The molecule has 0 atom stereocenters.